The molecule has 1 amide bonds. The lowest BCUT2D eigenvalue weighted by Crippen LogP contribution is -2.48. The third-order valence-corrected chi connectivity index (χ3v) is 7.84. The molecule has 184 valence electrons. The molecule has 0 bridgehead atoms. The maximum Gasteiger partial charge on any atom is 0.254 e. The van der Waals surface area contributed by atoms with Crippen LogP contribution in [0.1, 0.15) is 81.5 Å². The number of carbonyl (C=O) groups is 1. The van der Waals surface area contributed by atoms with Gasteiger partial charge in [-0.3, -0.25) is 4.79 Å². The minimum absolute atomic E-state index is 0.173. The van der Waals surface area contributed by atoms with Crippen molar-refractivity contribution >= 4 is 28.4 Å². The molecular formula is C30H35ClN2O2. The second kappa shape index (κ2) is 11.0. The van der Waals surface area contributed by atoms with E-state index in [1.54, 1.807) is 0 Å². The van der Waals surface area contributed by atoms with Crippen molar-refractivity contribution in [2.75, 3.05) is 6.61 Å². The van der Waals surface area contributed by atoms with E-state index in [2.05, 4.69) is 4.90 Å². The van der Waals surface area contributed by atoms with Crippen LogP contribution in [0.5, 0.6) is 5.75 Å². The van der Waals surface area contributed by atoms with Gasteiger partial charge in [-0.15, -0.1) is 0 Å². The topological polar surface area (TPSA) is 42.4 Å². The summed E-state index contributed by atoms with van der Waals surface area (Å²) in [6.45, 7) is 2.52. The molecule has 0 radical (unpaired) electrons. The molecule has 5 heteroatoms. The Kier molecular flexibility index (Phi) is 7.57. The quantitative estimate of drug-likeness (QED) is 0.351. The van der Waals surface area contributed by atoms with Gasteiger partial charge in [0.1, 0.15) is 5.75 Å². The monoisotopic (exact) mass is 490 g/mol. The van der Waals surface area contributed by atoms with Gasteiger partial charge < -0.3 is 9.64 Å². The van der Waals surface area contributed by atoms with E-state index >= 15 is 0 Å². The summed E-state index contributed by atoms with van der Waals surface area (Å²) < 4.78 is 6.04. The second-order valence-corrected chi connectivity index (χ2v) is 10.4. The summed E-state index contributed by atoms with van der Waals surface area (Å²) in [6, 6.07) is 16.3. The maximum atomic E-state index is 14.0. The van der Waals surface area contributed by atoms with Gasteiger partial charge in [-0.05, 0) is 62.9 Å². The molecule has 2 aliphatic carbocycles. The molecule has 5 rings (SSSR count). The minimum atomic E-state index is 0.173. The molecule has 0 saturated heterocycles. The summed E-state index contributed by atoms with van der Waals surface area (Å²) in [4.78, 5) is 21.2. The molecular weight excluding hydrogens is 456 g/mol. The van der Waals surface area contributed by atoms with E-state index in [9.17, 15) is 4.79 Å². The summed E-state index contributed by atoms with van der Waals surface area (Å²) in [5, 5.41) is 1.56. The van der Waals surface area contributed by atoms with Gasteiger partial charge in [-0.1, -0.05) is 62.3 Å². The van der Waals surface area contributed by atoms with Crippen LogP contribution in [-0.4, -0.2) is 34.5 Å². The van der Waals surface area contributed by atoms with Crippen molar-refractivity contribution in [2.24, 2.45) is 0 Å². The third kappa shape index (κ3) is 5.33. The molecule has 2 fully saturated rings. The first-order valence-corrected chi connectivity index (χ1v) is 13.7. The molecule has 0 unspecified atom stereocenters. The second-order valence-electron chi connectivity index (χ2n) is 9.98. The number of hydrogen-bond acceptors (Lipinski definition) is 3. The number of fused-ring (bicyclic) bond motifs is 1. The Morgan fingerprint density at radius 2 is 1.63 bits per heavy atom. The lowest BCUT2D eigenvalue weighted by molar-refractivity contribution is 0.0448. The Morgan fingerprint density at radius 1 is 0.943 bits per heavy atom. The van der Waals surface area contributed by atoms with Crippen LogP contribution in [0.4, 0.5) is 0 Å². The number of hydrogen-bond donors (Lipinski definition) is 0. The standard InChI is InChI=1S/C30H35ClN2O2/c1-2-35-29-20-28(21-10-9-11-23(31)18-21)32-27-17-16-22(19-26(27)29)30(34)33(24-12-5-3-6-13-24)25-14-7-4-8-15-25/h9-11,16-20,24-25H,2-8,12-15H2,1H3. The van der Waals surface area contributed by atoms with Crippen LogP contribution in [0.3, 0.4) is 0 Å². The third-order valence-electron chi connectivity index (χ3n) is 7.61. The van der Waals surface area contributed by atoms with Crippen LogP contribution in [0.15, 0.2) is 48.5 Å². The molecule has 3 aromatic rings. The van der Waals surface area contributed by atoms with Crippen molar-refractivity contribution in [3.63, 3.8) is 0 Å². The summed E-state index contributed by atoms with van der Waals surface area (Å²) in [6.07, 6.45) is 12.0. The zero-order chi connectivity index (χ0) is 24.2. The van der Waals surface area contributed by atoms with Crippen molar-refractivity contribution in [3.05, 3.63) is 59.1 Å². The normalized spacial score (nSPS) is 17.4. The predicted molar refractivity (Wildman–Crippen MR) is 143 cm³/mol. The van der Waals surface area contributed by atoms with E-state index in [0.717, 1.165) is 59.2 Å². The van der Waals surface area contributed by atoms with Gasteiger partial charge in [0.15, 0.2) is 0 Å². The van der Waals surface area contributed by atoms with E-state index in [-0.39, 0.29) is 5.91 Å². The predicted octanol–water partition coefficient (Wildman–Crippen LogP) is 8.06. The summed E-state index contributed by atoms with van der Waals surface area (Å²) in [7, 11) is 0. The molecule has 4 nitrogen and oxygen atoms in total. The Morgan fingerprint density at radius 3 is 2.26 bits per heavy atom. The van der Waals surface area contributed by atoms with Crippen LogP contribution >= 0.6 is 11.6 Å². The highest BCUT2D eigenvalue weighted by Crippen LogP contribution is 2.35. The zero-order valence-corrected chi connectivity index (χ0v) is 21.4. The number of carbonyl (C=O) groups excluding carboxylic acids is 1. The molecule has 0 N–H and O–H groups in total. The van der Waals surface area contributed by atoms with Gasteiger partial charge >= 0.3 is 0 Å². The average Bonchev–Trinajstić information content (AvgIpc) is 2.90. The number of halogens is 1. The molecule has 2 aliphatic rings. The Bertz CT molecular complexity index is 1160. The van der Waals surface area contributed by atoms with Gasteiger partial charge in [0, 0.05) is 39.7 Å². The summed E-state index contributed by atoms with van der Waals surface area (Å²) in [5.41, 5.74) is 3.33. The van der Waals surface area contributed by atoms with E-state index in [1.807, 2.05) is 55.5 Å². The Balaban J connectivity index is 1.53. The lowest BCUT2D eigenvalue weighted by atomic mass is 9.88. The lowest BCUT2D eigenvalue weighted by Gasteiger charge is -2.42. The van der Waals surface area contributed by atoms with Gasteiger partial charge in [0.25, 0.3) is 5.91 Å². The van der Waals surface area contributed by atoms with Crippen molar-refractivity contribution in [3.8, 4) is 17.0 Å². The number of aromatic nitrogens is 1. The fourth-order valence-corrected chi connectivity index (χ4v) is 6.09. The number of ether oxygens (including phenoxy) is 1. The number of nitrogens with zero attached hydrogens (tertiary/aromatic N) is 2. The number of amides is 1. The van der Waals surface area contributed by atoms with Crippen LogP contribution in [0.2, 0.25) is 5.02 Å². The van der Waals surface area contributed by atoms with Crippen molar-refractivity contribution in [1.82, 2.24) is 9.88 Å². The van der Waals surface area contributed by atoms with E-state index in [1.165, 1.54) is 38.5 Å². The molecule has 0 atom stereocenters. The molecule has 2 aromatic carbocycles. The van der Waals surface area contributed by atoms with Gasteiger partial charge in [0.2, 0.25) is 0 Å². The molecule has 0 aliphatic heterocycles. The highest BCUT2D eigenvalue weighted by molar-refractivity contribution is 6.30. The summed E-state index contributed by atoms with van der Waals surface area (Å²) >= 11 is 6.23. The van der Waals surface area contributed by atoms with Crippen LogP contribution in [-0.2, 0) is 0 Å². The average molecular weight is 491 g/mol. The van der Waals surface area contributed by atoms with Crippen LogP contribution in [0, 0.1) is 0 Å². The first-order chi connectivity index (χ1) is 17.1. The number of rotatable bonds is 6. The maximum absolute atomic E-state index is 14.0. The summed E-state index contributed by atoms with van der Waals surface area (Å²) in [5.74, 6) is 0.927. The highest BCUT2D eigenvalue weighted by atomic mass is 35.5. The molecule has 2 saturated carbocycles. The molecule has 1 heterocycles. The molecule has 35 heavy (non-hydrogen) atoms. The smallest absolute Gasteiger partial charge is 0.254 e. The SMILES string of the molecule is CCOc1cc(-c2cccc(Cl)c2)nc2ccc(C(=O)N(C3CCCCC3)C3CCCCC3)cc12. The van der Waals surface area contributed by atoms with E-state index < -0.39 is 0 Å². The number of pyridine rings is 1. The minimum Gasteiger partial charge on any atom is -0.493 e. The van der Waals surface area contributed by atoms with Crippen LogP contribution in [0.25, 0.3) is 22.2 Å². The molecule has 1 aromatic heterocycles. The largest absolute Gasteiger partial charge is 0.493 e. The highest BCUT2D eigenvalue weighted by Gasteiger charge is 2.33. The van der Waals surface area contributed by atoms with E-state index in [4.69, 9.17) is 21.3 Å². The fraction of sp³-hybridized carbons (Fsp3) is 0.467. The Hall–Kier alpha value is -2.59. The first-order valence-electron chi connectivity index (χ1n) is 13.3. The number of benzene rings is 2. The van der Waals surface area contributed by atoms with Crippen molar-refractivity contribution in [2.45, 2.75) is 83.2 Å². The van der Waals surface area contributed by atoms with Crippen molar-refractivity contribution in [1.29, 1.82) is 0 Å². The van der Waals surface area contributed by atoms with Crippen molar-refractivity contribution < 1.29 is 9.53 Å². The Labute approximate surface area is 213 Å². The fourth-order valence-electron chi connectivity index (χ4n) is 5.90. The molecule has 0 spiro atoms. The van der Waals surface area contributed by atoms with Crippen LogP contribution < -0.4 is 4.74 Å². The van der Waals surface area contributed by atoms with Gasteiger partial charge in [-0.25, -0.2) is 4.98 Å². The van der Waals surface area contributed by atoms with E-state index in [0.29, 0.717) is 23.7 Å². The first kappa shape index (κ1) is 24.1. The van der Waals surface area contributed by atoms with Gasteiger partial charge in [0.05, 0.1) is 17.8 Å². The van der Waals surface area contributed by atoms with Gasteiger partial charge in [-0.2, -0.15) is 0 Å². The zero-order valence-electron chi connectivity index (χ0n) is 20.6.